The molecule has 0 N–H and O–H groups in total. The summed E-state index contributed by atoms with van der Waals surface area (Å²) in [4.78, 5) is 31.1. The summed E-state index contributed by atoms with van der Waals surface area (Å²) in [6.45, 7) is 2.88. The van der Waals surface area contributed by atoms with Gasteiger partial charge in [-0.3, -0.25) is 14.5 Å². The number of fused-ring (bicyclic) bond motifs is 1. The van der Waals surface area contributed by atoms with Gasteiger partial charge in [0.1, 0.15) is 6.61 Å². The minimum absolute atomic E-state index is 0.162. The van der Waals surface area contributed by atoms with Crippen LogP contribution in [-0.4, -0.2) is 35.3 Å². The van der Waals surface area contributed by atoms with Crippen molar-refractivity contribution in [3.05, 3.63) is 95.1 Å². The molecule has 1 atom stereocenters. The quantitative estimate of drug-likeness (QED) is 0.617. The summed E-state index contributed by atoms with van der Waals surface area (Å²) in [6, 6.07) is 23.1. The molecule has 2 heterocycles. The number of hydrogen-bond donors (Lipinski definition) is 0. The Morgan fingerprint density at radius 3 is 1.97 bits per heavy atom. The van der Waals surface area contributed by atoms with Crippen molar-refractivity contribution in [1.29, 1.82) is 0 Å². The maximum atomic E-state index is 12.6. The average Bonchev–Trinajstić information content (AvgIpc) is 3.32. The van der Waals surface area contributed by atoms with Crippen molar-refractivity contribution in [2.24, 2.45) is 4.99 Å². The van der Waals surface area contributed by atoms with Gasteiger partial charge >= 0.3 is 0 Å². The smallest absolute Gasteiger partial charge is 0.261 e. The zero-order chi connectivity index (χ0) is 20.7. The van der Waals surface area contributed by atoms with Crippen LogP contribution in [0.1, 0.15) is 38.8 Å². The van der Waals surface area contributed by atoms with Crippen LogP contribution in [0.4, 0.5) is 0 Å². The number of amides is 2. The van der Waals surface area contributed by atoms with E-state index < -0.39 is 0 Å². The van der Waals surface area contributed by atoms with Crippen molar-refractivity contribution < 1.29 is 14.3 Å². The first kappa shape index (κ1) is 18.3. The number of carbonyl (C=O) groups excluding carboxylic acids is 2. The van der Waals surface area contributed by atoms with Gasteiger partial charge in [0.05, 0.1) is 23.7 Å². The number of hydrogen-bond acceptors (Lipinski definition) is 4. The third kappa shape index (κ3) is 3.08. The van der Waals surface area contributed by atoms with E-state index in [1.807, 2.05) is 55.5 Å². The molecule has 3 aromatic rings. The number of carbonyl (C=O) groups is 2. The van der Waals surface area contributed by atoms with E-state index in [4.69, 9.17) is 4.74 Å². The standard InChI is InChI=1S/C25H20N2O3/c1-16-15-30-23(26-16)20-7-3-2-6-19(20)18-12-10-17(11-13-18)14-27-24(28)21-8-4-5-9-22(21)25(27)29/h2-13,16H,14-15H2,1H3. The second kappa shape index (κ2) is 7.26. The Hall–Kier alpha value is -3.73. The zero-order valence-corrected chi connectivity index (χ0v) is 16.5. The Bertz CT molecular complexity index is 1150. The number of rotatable bonds is 4. The molecule has 0 aliphatic carbocycles. The molecule has 0 fully saturated rings. The van der Waals surface area contributed by atoms with Gasteiger partial charge in [0, 0.05) is 5.56 Å². The molecule has 2 aliphatic rings. The van der Waals surface area contributed by atoms with E-state index in [2.05, 4.69) is 4.99 Å². The molecule has 30 heavy (non-hydrogen) atoms. The summed E-state index contributed by atoms with van der Waals surface area (Å²) in [6.07, 6.45) is 0. The summed E-state index contributed by atoms with van der Waals surface area (Å²) < 4.78 is 5.75. The first-order valence-electron chi connectivity index (χ1n) is 9.96. The summed E-state index contributed by atoms with van der Waals surface area (Å²) in [5, 5.41) is 0. The minimum atomic E-state index is -0.240. The van der Waals surface area contributed by atoms with Gasteiger partial charge in [-0.2, -0.15) is 0 Å². The van der Waals surface area contributed by atoms with Gasteiger partial charge in [-0.1, -0.05) is 54.6 Å². The molecule has 3 aromatic carbocycles. The van der Waals surface area contributed by atoms with E-state index in [0.717, 1.165) is 22.3 Å². The van der Waals surface area contributed by atoms with Crippen molar-refractivity contribution >= 4 is 17.7 Å². The molecule has 0 aromatic heterocycles. The number of ether oxygens (including phenoxy) is 1. The van der Waals surface area contributed by atoms with Crippen LogP contribution in [0.2, 0.25) is 0 Å². The average molecular weight is 396 g/mol. The van der Waals surface area contributed by atoms with Crippen LogP contribution in [0, 0.1) is 0 Å². The molecule has 0 saturated carbocycles. The largest absolute Gasteiger partial charge is 0.475 e. The van der Waals surface area contributed by atoms with Crippen molar-refractivity contribution in [2.75, 3.05) is 6.61 Å². The van der Waals surface area contributed by atoms with Gasteiger partial charge in [-0.25, -0.2) is 4.99 Å². The maximum absolute atomic E-state index is 12.6. The third-order valence-electron chi connectivity index (χ3n) is 5.44. The fourth-order valence-corrected chi connectivity index (χ4v) is 3.90. The summed E-state index contributed by atoms with van der Waals surface area (Å²) >= 11 is 0. The highest BCUT2D eigenvalue weighted by Crippen LogP contribution is 2.28. The van der Waals surface area contributed by atoms with Gasteiger partial charge in [-0.05, 0) is 41.8 Å². The number of imide groups is 1. The SMILES string of the molecule is CC1COC(c2ccccc2-c2ccc(CN3C(=O)c4ccccc4C3=O)cc2)=N1. The van der Waals surface area contributed by atoms with Crippen LogP contribution >= 0.6 is 0 Å². The normalized spacial score (nSPS) is 17.7. The molecule has 1 unspecified atom stereocenters. The zero-order valence-electron chi connectivity index (χ0n) is 16.5. The van der Waals surface area contributed by atoms with E-state index in [-0.39, 0.29) is 24.4 Å². The summed E-state index contributed by atoms with van der Waals surface area (Å²) in [5.41, 5.74) is 4.88. The monoisotopic (exact) mass is 396 g/mol. The Morgan fingerprint density at radius 1 is 0.833 bits per heavy atom. The van der Waals surface area contributed by atoms with Crippen LogP contribution in [0.3, 0.4) is 0 Å². The lowest BCUT2D eigenvalue weighted by atomic mass is 9.98. The number of aliphatic imine (C=N–C) groups is 1. The lowest BCUT2D eigenvalue weighted by Gasteiger charge is -2.15. The highest BCUT2D eigenvalue weighted by molar-refractivity contribution is 6.21. The second-order valence-corrected chi connectivity index (χ2v) is 7.58. The van der Waals surface area contributed by atoms with E-state index in [0.29, 0.717) is 23.6 Å². The third-order valence-corrected chi connectivity index (χ3v) is 5.44. The Kier molecular flexibility index (Phi) is 4.43. The Morgan fingerprint density at radius 2 is 1.40 bits per heavy atom. The molecule has 0 radical (unpaired) electrons. The van der Waals surface area contributed by atoms with E-state index in [1.54, 1.807) is 24.3 Å². The molecular formula is C25H20N2O3. The molecule has 2 aliphatic heterocycles. The molecule has 5 nitrogen and oxygen atoms in total. The molecule has 5 rings (SSSR count). The molecule has 0 bridgehead atoms. The lowest BCUT2D eigenvalue weighted by Crippen LogP contribution is -2.29. The van der Waals surface area contributed by atoms with Crippen molar-refractivity contribution in [2.45, 2.75) is 19.5 Å². The van der Waals surface area contributed by atoms with Gasteiger partial charge in [-0.15, -0.1) is 0 Å². The van der Waals surface area contributed by atoms with Gasteiger partial charge in [0.25, 0.3) is 11.8 Å². The molecular weight excluding hydrogens is 376 g/mol. The lowest BCUT2D eigenvalue weighted by molar-refractivity contribution is 0.0642. The predicted octanol–water partition coefficient (Wildman–Crippen LogP) is 4.32. The molecule has 0 spiro atoms. The highest BCUT2D eigenvalue weighted by atomic mass is 16.5. The van der Waals surface area contributed by atoms with Crippen molar-refractivity contribution in [1.82, 2.24) is 4.90 Å². The van der Waals surface area contributed by atoms with Crippen LogP contribution in [0.5, 0.6) is 0 Å². The molecule has 0 saturated heterocycles. The summed E-state index contributed by atoms with van der Waals surface area (Å²) in [7, 11) is 0. The van der Waals surface area contributed by atoms with Crippen LogP contribution < -0.4 is 0 Å². The van der Waals surface area contributed by atoms with Crippen LogP contribution in [0.25, 0.3) is 11.1 Å². The fourth-order valence-electron chi connectivity index (χ4n) is 3.90. The predicted molar refractivity (Wildman–Crippen MR) is 114 cm³/mol. The highest BCUT2D eigenvalue weighted by Gasteiger charge is 2.34. The second-order valence-electron chi connectivity index (χ2n) is 7.58. The van der Waals surface area contributed by atoms with Gasteiger partial charge < -0.3 is 4.74 Å². The maximum Gasteiger partial charge on any atom is 0.261 e. The van der Waals surface area contributed by atoms with Gasteiger partial charge in [0.2, 0.25) is 5.90 Å². The first-order valence-corrected chi connectivity index (χ1v) is 9.96. The van der Waals surface area contributed by atoms with E-state index in [9.17, 15) is 9.59 Å². The topological polar surface area (TPSA) is 59.0 Å². The van der Waals surface area contributed by atoms with Crippen LogP contribution in [0.15, 0.2) is 77.8 Å². The molecule has 5 heteroatoms. The fraction of sp³-hybridized carbons (Fsp3) is 0.160. The van der Waals surface area contributed by atoms with Crippen molar-refractivity contribution in [3.8, 4) is 11.1 Å². The van der Waals surface area contributed by atoms with Crippen LogP contribution in [-0.2, 0) is 11.3 Å². The first-order chi connectivity index (χ1) is 14.6. The molecule has 148 valence electrons. The number of benzene rings is 3. The van der Waals surface area contributed by atoms with E-state index >= 15 is 0 Å². The summed E-state index contributed by atoms with van der Waals surface area (Å²) in [5.74, 6) is 0.194. The Labute approximate surface area is 174 Å². The Balaban J connectivity index is 1.40. The minimum Gasteiger partial charge on any atom is -0.475 e. The van der Waals surface area contributed by atoms with E-state index in [1.165, 1.54) is 4.90 Å². The molecule has 2 amide bonds. The number of nitrogens with zero attached hydrogens (tertiary/aromatic N) is 2. The van der Waals surface area contributed by atoms with Crippen molar-refractivity contribution in [3.63, 3.8) is 0 Å². The van der Waals surface area contributed by atoms with Gasteiger partial charge in [0.15, 0.2) is 0 Å².